The molecule has 2 amide bonds. The second-order valence-corrected chi connectivity index (χ2v) is 14.2. The van der Waals surface area contributed by atoms with E-state index in [0.717, 1.165) is 53.1 Å². The van der Waals surface area contributed by atoms with Gasteiger partial charge in [0.15, 0.2) is 0 Å². The Kier molecular flexibility index (Phi) is 11.1. The predicted octanol–water partition coefficient (Wildman–Crippen LogP) is 6.93. The van der Waals surface area contributed by atoms with Crippen LogP contribution in [0.5, 0.6) is 0 Å². The van der Waals surface area contributed by atoms with E-state index < -0.39 is 28.5 Å². The molecule has 0 spiro atoms. The molecule has 0 saturated heterocycles. The fourth-order valence-electron chi connectivity index (χ4n) is 5.99. The first-order valence-electron chi connectivity index (χ1n) is 15.7. The Morgan fingerprint density at radius 1 is 0.826 bits per heavy atom. The Morgan fingerprint density at radius 2 is 1.48 bits per heavy atom. The van der Waals surface area contributed by atoms with Crippen molar-refractivity contribution in [3.63, 3.8) is 0 Å². The highest BCUT2D eigenvalue weighted by Gasteiger charge is 2.35. The summed E-state index contributed by atoms with van der Waals surface area (Å²) in [7, 11) is -4.18. The molecule has 1 saturated carbocycles. The van der Waals surface area contributed by atoms with Crippen molar-refractivity contribution in [2.75, 3.05) is 10.8 Å². The molecule has 46 heavy (non-hydrogen) atoms. The summed E-state index contributed by atoms with van der Waals surface area (Å²) in [6.45, 7) is 1.58. The molecule has 0 aromatic heterocycles. The zero-order chi connectivity index (χ0) is 32.5. The Bertz CT molecular complexity index is 1730. The van der Waals surface area contributed by atoms with Gasteiger partial charge in [0.05, 0.1) is 10.6 Å². The van der Waals surface area contributed by atoms with Crippen molar-refractivity contribution in [2.45, 2.75) is 69.0 Å². The largest absolute Gasteiger partial charge is 0.352 e. The summed E-state index contributed by atoms with van der Waals surface area (Å²) in [5.41, 5.74) is 3.02. The van der Waals surface area contributed by atoms with Crippen molar-refractivity contribution in [3.8, 4) is 0 Å². The van der Waals surface area contributed by atoms with E-state index in [1.807, 2.05) is 61.5 Å². The molecule has 0 heterocycles. The van der Waals surface area contributed by atoms with Gasteiger partial charge in [-0.1, -0.05) is 115 Å². The molecule has 1 aliphatic carbocycles. The Labute approximate surface area is 277 Å². The molecule has 0 aliphatic heterocycles. The molecule has 240 valence electrons. The first-order valence-corrected chi connectivity index (χ1v) is 17.6. The van der Waals surface area contributed by atoms with Crippen LogP contribution in [0.15, 0.2) is 114 Å². The van der Waals surface area contributed by atoms with Crippen molar-refractivity contribution in [3.05, 3.63) is 131 Å². The molecule has 0 unspecified atom stereocenters. The Morgan fingerprint density at radius 3 is 2.15 bits per heavy atom. The molecule has 1 fully saturated rings. The molecule has 1 aliphatic rings. The van der Waals surface area contributed by atoms with E-state index in [1.54, 1.807) is 36.4 Å². The molecule has 9 heteroatoms. The van der Waals surface area contributed by atoms with E-state index in [9.17, 15) is 18.0 Å². The van der Waals surface area contributed by atoms with E-state index in [-0.39, 0.29) is 35.5 Å². The molecule has 7 nitrogen and oxygen atoms in total. The van der Waals surface area contributed by atoms with Gasteiger partial charge in [-0.05, 0) is 61.2 Å². The zero-order valence-electron chi connectivity index (χ0n) is 26.0. The van der Waals surface area contributed by atoms with Gasteiger partial charge in [0, 0.05) is 24.0 Å². The third kappa shape index (κ3) is 8.56. The van der Waals surface area contributed by atoms with Gasteiger partial charge < -0.3 is 10.2 Å². The van der Waals surface area contributed by atoms with Crippen molar-refractivity contribution in [1.82, 2.24) is 10.2 Å². The van der Waals surface area contributed by atoms with Crippen LogP contribution in [0.25, 0.3) is 0 Å². The summed E-state index contributed by atoms with van der Waals surface area (Å²) in [6.07, 6.45) is 5.31. The normalized spacial score (nSPS) is 14.3. The molecule has 1 N–H and O–H groups in total. The van der Waals surface area contributed by atoms with E-state index in [0.29, 0.717) is 5.02 Å². The van der Waals surface area contributed by atoms with Crippen LogP contribution in [0.4, 0.5) is 5.69 Å². The molecular weight excluding hydrogens is 618 g/mol. The van der Waals surface area contributed by atoms with Crippen molar-refractivity contribution < 1.29 is 18.0 Å². The lowest BCUT2D eigenvalue weighted by Crippen LogP contribution is -2.55. The van der Waals surface area contributed by atoms with E-state index >= 15 is 0 Å². The number of amides is 2. The second-order valence-electron chi connectivity index (χ2n) is 11.9. The van der Waals surface area contributed by atoms with Gasteiger partial charge in [0.25, 0.3) is 10.0 Å². The summed E-state index contributed by atoms with van der Waals surface area (Å²) in [5, 5.41) is 3.57. The minimum atomic E-state index is -4.18. The van der Waals surface area contributed by atoms with Gasteiger partial charge in [-0.3, -0.25) is 13.9 Å². The number of halogens is 1. The van der Waals surface area contributed by atoms with Crippen molar-refractivity contribution >= 4 is 39.1 Å². The number of hydrogen-bond donors (Lipinski definition) is 1. The minimum absolute atomic E-state index is 0.0388. The topological polar surface area (TPSA) is 86.8 Å². The average molecular weight is 658 g/mol. The molecular formula is C37H40ClN3O4S. The predicted molar refractivity (Wildman–Crippen MR) is 183 cm³/mol. The lowest BCUT2D eigenvalue weighted by atomic mass is 9.94. The third-order valence-corrected chi connectivity index (χ3v) is 10.4. The summed E-state index contributed by atoms with van der Waals surface area (Å²) in [5.74, 6) is -0.738. The van der Waals surface area contributed by atoms with Gasteiger partial charge in [0.2, 0.25) is 11.8 Å². The smallest absolute Gasteiger partial charge is 0.264 e. The lowest BCUT2D eigenvalue weighted by molar-refractivity contribution is -0.140. The number of sulfonamides is 1. The number of nitrogens with one attached hydrogen (secondary N) is 1. The fraction of sp³-hybridized carbons (Fsp3) is 0.297. The highest BCUT2D eigenvalue weighted by atomic mass is 35.5. The van der Waals surface area contributed by atoms with Gasteiger partial charge in [-0.25, -0.2) is 8.42 Å². The number of nitrogens with zero attached hydrogens (tertiary/aromatic N) is 2. The number of anilines is 1. The van der Waals surface area contributed by atoms with Crippen LogP contribution in [-0.2, 0) is 32.6 Å². The van der Waals surface area contributed by atoms with Gasteiger partial charge in [-0.2, -0.15) is 0 Å². The number of aryl methyl sites for hydroxylation is 1. The Balaban J connectivity index is 1.56. The number of hydrogen-bond acceptors (Lipinski definition) is 4. The van der Waals surface area contributed by atoms with E-state index in [2.05, 4.69) is 5.32 Å². The molecule has 4 aromatic carbocycles. The number of benzene rings is 4. The zero-order valence-corrected chi connectivity index (χ0v) is 27.6. The first-order chi connectivity index (χ1) is 22.2. The van der Waals surface area contributed by atoms with Crippen LogP contribution in [0.1, 0.15) is 48.8 Å². The summed E-state index contributed by atoms with van der Waals surface area (Å²) in [6, 6.07) is 31.0. The van der Waals surface area contributed by atoms with Crippen LogP contribution < -0.4 is 9.62 Å². The molecule has 0 radical (unpaired) electrons. The van der Waals surface area contributed by atoms with E-state index in [4.69, 9.17) is 11.6 Å². The first kappa shape index (κ1) is 33.2. The quantitative estimate of drug-likeness (QED) is 0.179. The van der Waals surface area contributed by atoms with Gasteiger partial charge >= 0.3 is 0 Å². The SMILES string of the molecule is Cc1cccc(CN(C(=O)CN(c2cccc(Cl)c2)S(=O)(=O)c2ccccc2)[C@H](Cc2ccccc2)C(=O)NC2CCCCC2)c1. The number of carbonyl (C=O) groups excluding carboxylic acids is 2. The monoisotopic (exact) mass is 657 g/mol. The van der Waals surface area contributed by atoms with Crippen molar-refractivity contribution in [2.24, 2.45) is 0 Å². The molecule has 5 rings (SSSR count). The third-order valence-electron chi connectivity index (χ3n) is 8.36. The molecule has 1 atom stereocenters. The van der Waals surface area contributed by atoms with Gasteiger partial charge in [-0.15, -0.1) is 0 Å². The maximum absolute atomic E-state index is 14.6. The maximum Gasteiger partial charge on any atom is 0.264 e. The summed E-state index contributed by atoms with van der Waals surface area (Å²) >= 11 is 6.31. The highest BCUT2D eigenvalue weighted by Crippen LogP contribution is 2.27. The average Bonchev–Trinajstić information content (AvgIpc) is 3.06. The molecule has 0 bridgehead atoms. The van der Waals surface area contributed by atoms with Crippen LogP contribution in [0, 0.1) is 6.92 Å². The lowest BCUT2D eigenvalue weighted by Gasteiger charge is -2.35. The Hall–Kier alpha value is -4.14. The minimum Gasteiger partial charge on any atom is -0.352 e. The van der Waals surface area contributed by atoms with Crippen LogP contribution in [-0.4, -0.2) is 43.8 Å². The fourth-order valence-corrected chi connectivity index (χ4v) is 7.60. The summed E-state index contributed by atoms with van der Waals surface area (Å²) < 4.78 is 29.3. The standard InChI is InChI=1S/C37H40ClN3O4S/c1-28-13-11-16-30(23-28)26-40(35(24-29-14-5-2-6-15-29)37(43)39-32-18-7-3-8-19-32)36(42)27-41(33-20-12-17-31(38)25-33)46(44,45)34-21-9-4-10-22-34/h2,4-6,9-17,20-23,25,32,35H,3,7-8,18-19,24,26-27H2,1H3,(H,39,43)/t35-/m1/s1. The van der Waals surface area contributed by atoms with Crippen LogP contribution >= 0.6 is 11.6 Å². The number of rotatable bonds is 12. The highest BCUT2D eigenvalue weighted by molar-refractivity contribution is 7.92. The number of carbonyl (C=O) groups is 2. The van der Waals surface area contributed by atoms with Gasteiger partial charge in [0.1, 0.15) is 12.6 Å². The van der Waals surface area contributed by atoms with Crippen LogP contribution in [0.2, 0.25) is 5.02 Å². The van der Waals surface area contributed by atoms with Crippen molar-refractivity contribution in [1.29, 1.82) is 0 Å². The van der Waals surface area contributed by atoms with Crippen LogP contribution in [0.3, 0.4) is 0 Å². The summed E-state index contributed by atoms with van der Waals surface area (Å²) in [4.78, 5) is 30.4. The van der Waals surface area contributed by atoms with E-state index in [1.165, 1.54) is 23.1 Å². The maximum atomic E-state index is 14.6. The second kappa shape index (κ2) is 15.4. The molecule has 4 aromatic rings.